The van der Waals surface area contributed by atoms with E-state index in [1.807, 2.05) is 39.0 Å². The number of thioether (sulfide) groups is 1. The lowest BCUT2D eigenvalue weighted by molar-refractivity contribution is -0.120. The third-order valence-corrected chi connectivity index (χ3v) is 5.45. The van der Waals surface area contributed by atoms with Crippen LogP contribution in [0.3, 0.4) is 0 Å². The molecule has 5 nitrogen and oxygen atoms in total. The zero-order chi connectivity index (χ0) is 17.3. The lowest BCUT2D eigenvalue weighted by Crippen LogP contribution is -2.33. The third-order valence-electron chi connectivity index (χ3n) is 4.38. The molecule has 1 aliphatic carbocycles. The van der Waals surface area contributed by atoms with Gasteiger partial charge in [0.15, 0.2) is 5.16 Å². The molecule has 1 N–H and O–H groups in total. The molecule has 2 atom stereocenters. The van der Waals surface area contributed by atoms with Crippen molar-refractivity contribution in [1.29, 1.82) is 0 Å². The van der Waals surface area contributed by atoms with Gasteiger partial charge in [-0.3, -0.25) is 14.2 Å². The number of benzene rings is 1. The maximum absolute atomic E-state index is 12.9. The minimum Gasteiger partial charge on any atom is -0.352 e. The maximum atomic E-state index is 12.9. The lowest BCUT2D eigenvalue weighted by atomic mass is 10.2. The van der Waals surface area contributed by atoms with Gasteiger partial charge in [0.2, 0.25) is 5.91 Å². The Balaban J connectivity index is 1.98. The molecule has 1 saturated carbocycles. The van der Waals surface area contributed by atoms with E-state index in [4.69, 9.17) is 0 Å². The van der Waals surface area contributed by atoms with Crippen LogP contribution < -0.4 is 10.9 Å². The second-order valence-electron chi connectivity index (χ2n) is 6.39. The molecule has 0 aliphatic heterocycles. The summed E-state index contributed by atoms with van der Waals surface area (Å²) in [4.78, 5) is 29.8. The van der Waals surface area contributed by atoms with Crippen LogP contribution in [0, 0.1) is 0 Å². The number of hydrogen-bond donors (Lipinski definition) is 1. The van der Waals surface area contributed by atoms with Crippen molar-refractivity contribution in [3.05, 3.63) is 34.6 Å². The highest BCUT2D eigenvalue weighted by atomic mass is 32.2. The summed E-state index contributed by atoms with van der Waals surface area (Å²) in [6, 6.07) is 7.75. The van der Waals surface area contributed by atoms with Gasteiger partial charge in [0, 0.05) is 12.1 Å². The summed E-state index contributed by atoms with van der Waals surface area (Å²) in [5, 5.41) is 3.97. The Kier molecular flexibility index (Phi) is 4.94. The second-order valence-corrected chi connectivity index (χ2v) is 7.69. The molecule has 128 valence electrons. The Hall–Kier alpha value is -1.82. The number of nitrogens with one attached hydrogen (secondary N) is 1. The zero-order valence-electron chi connectivity index (χ0n) is 14.3. The largest absolute Gasteiger partial charge is 0.352 e. The van der Waals surface area contributed by atoms with E-state index in [0.29, 0.717) is 22.1 Å². The maximum Gasteiger partial charge on any atom is 0.262 e. The van der Waals surface area contributed by atoms with Gasteiger partial charge in [0.25, 0.3) is 5.56 Å². The fourth-order valence-corrected chi connectivity index (χ4v) is 3.56. The fourth-order valence-electron chi connectivity index (χ4n) is 2.54. The first-order valence-corrected chi connectivity index (χ1v) is 9.37. The molecule has 24 heavy (non-hydrogen) atoms. The number of aromatic nitrogens is 2. The topological polar surface area (TPSA) is 64.0 Å². The highest BCUT2D eigenvalue weighted by molar-refractivity contribution is 8.00. The molecule has 2 aromatic rings. The highest BCUT2D eigenvalue weighted by Crippen LogP contribution is 2.27. The average Bonchev–Trinajstić information content (AvgIpc) is 3.38. The fraction of sp³-hybridized carbons (Fsp3) is 0.500. The Morgan fingerprint density at radius 1 is 1.38 bits per heavy atom. The molecule has 1 aromatic heterocycles. The van der Waals surface area contributed by atoms with Crippen LogP contribution in [-0.4, -0.2) is 26.8 Å². The van der Waals surface area contributed by atoms with Crippen molar-refractivity contribution in [2.24, 2.45) is 0 Å². The molecule has 1 aromatic carbocycles. The van der Waals surface area contributed by atoms with Gasteiger partial charge < -0.3 is 5.32 Å². The van der Waals surface area contributed by atoms with Crippen LogP contribution in [0.4, 0.5) is 0 Å². The number of para-hydroxylation sites is 1. The Morgan fingerprint density at radius 3 is 2.75 bits per heavy atom. The summed E-state index contributed by atoms with van der Waals surface area (Å²) in [7, 11) is 0. The average molecular weight is 345 g/mol. The summed E-state index contributed by atoms with van der Waals surface area (Å²) in [5.74, 6) is 0.0145. The second kappa shape index (κ2) is 6.97. The van der Waals surface area contributed by atoms with Crippen molar-refractivity contribution in [1.82, 2.24) is 14.9 Å². The lowest BCUT2D eigenvalue weighted by Gasteiger charge is -2.20. The van der Waals surface area contributed by atoms with E-state index >= 15 is 0 Å². The summed E-state index contributed by atoms with van der Waals surface area (Å²) >= 11 is 1.36. The normalized spacial score (nSPS) is 16.8. The van der Waals surface area contributed by atoms with Gasteiger partial charge in [-0.2, -0.15) is 0 Å². The monoisotopic (exact) mass is 345 g/mol. The molecule has 1 amide bonds. The summed E-state index contributed by atoms with van der Waals surface area (Å²) in [6.07, 6.45) is 2.96. The van der Waals surface area contributed by atoms with E-state index in [0.717, 1.165) is 19.3 Å². The highest BCUT2D eigenvalue weighted by Gasteiger charge is 2.27. The van der Waals surface area contributed by atoms with E-state index in [1.165, 1.54) is 11.8 Å². The number of fused-ring (bicyclic) bond motifs is 1. The van der Waals surface area contributed by atoms with Crippen molar-refractivity contribution in [3.63, 3.8) is 0 Å². The summed E-state index contributed by atoms with van der Waals surface area (Å²) in [6.45, 7) is 5.92. The van der Waals surface area contributed by atoms with Crippen molar-refractivity contribution < 1.29 is 4.79 Å². The number of amides is 1. The minimum atomic E-state index is -0.283. The molecule has 0 bridgehead atoms. The molecule has 3 rings (SSSR count). The number of hydrogen-bond acceptors (Lipinski definition) is 4. The standard InChI is InChI=1S/C18H23N3O2S/c1-4-11(2)21-17(23)14-7-5-6-8-15(14)20-18(21)24-12(3)16(22)19-13-9-10-13/h5-8,11-13H,4,9-10H2,1-3H3,(H,19,22)/t11-,12-/m0/s1. The quantitative estimate of drug-likeness (QED) is 0.645. The van der Waals surface area contributed by atoms with Gasteiger partial charge in [-0.15, -0.1) is 0 Å². The zero-order valence-corrected chi connectivity index (χ0v) is 15.1. The van der Waals surface area contributed by atoms with E-state index in [-0.39, 0.29) is 22.8 Å². The van der Waals surface area contributed by atoms with Crippen LogP contribution in [0.2, 0.25) is 0 Å². The smallest absolute Gasteiger partial charge is 0.262 e. The van der Waals surface area contributed by atoms with E-state index < -0.39 is 0 Å². The number of carbonyl (C=O) groups is 1. The molecule has 0 spiro atoms. The number of carbonyl (C=O) groups excluding carboxylic acids is 1. The third kappa shape index (κ3) is 3.48. The van der Waals surface area contributed by atoms with Gasteiger partial charge >= 0.3 is 0 Å². The predicted molar refractivity (Wildman–Crippen MR) is 97.5 cm³/mol. The number of nitrogens with zero attached hydrogens (tertiary/aromatic N) is 2. The Bertz CT molecular complexity index is 814. The molecule has 1 fully saturated rings. The van der Waals surface area contributed by atoms with Crippen LogP contribution in [0.5, 0.6) is 0 Å². The van der Waals surface area contributed by atoms with Gasteiger partial charge in [-0.25, -0.2) is 4.98 Å². The molecule has 0 radical (unpaired) electrons. The van der Waals surface area contributed by atoms with Gasteiger partial charge in [-0.1, -0.05) is 30.8 Å². The molecule has 0 saturated heterocycles. The molecular weight excluding hydrogens is 322 g/mol. The first kappa shape index (κ1) is 17.0. The molecule has 6 heteroatoms. The Morgan fingerprint density at radius 2 is 2.08 bits per heavy atom. The van der Waals surface area contributed by atoms with Crippen molar-refractivity contribution in [2.75, 3.05) is 0 Å². The van der Waals surface area contributed by atoms with Crippen LogP contribution >= 0.6 is 11.8 Å². The predicted octanol–water partition coefficient (Wildman–Crippen LogP) is 3.13. The number of rotatable bonds is 6. The minimum absolute atomic E-state index is 0.0145. The Labute approximate surface area is 145 Å². The van der Waals surface area contributed by atoms with Crippen LogP contribution in [-0.2, 0) is 4.79 Å². The van der Waals surface area contributed by atoms with Gasteiger partial charge in [0.05, 0.1) is 16.2 Å². The van der Waals surface area contributed by atoms with E-state index in [1.54, 1.807) is 10.6 Å². The molecule has 1 heterocycles. The first-order valence-electron chi connectivity index (χ1n) is 8.49. The van der Waals surface area contributed by atoms with Crippen LogP contribution in [0.25, 0.3) is 10.9 Å². The van der Waals surface area contributed by atoms with Crippen LogP contribution in [0.1, 0.15) is 46.1 Å². The van der Waals surface area contributed by atoms with E-state index in [9.17, 15) is 9.59 Å². The van der Waals surface area contributed by atoms with Crippen molar-refractivity contribution >= 4 is 28.6 Å². The summed E-state index contributed by atoms with van der Waals surface area (Å²) < 4.78 is 1.73. The van der Waals surface area contributed by atoms with Crippen molar-refractivity contribution in [3.8, 4) is 0 Å². The van der Waals surface area contributed by atoms with E-state index in [2.05, 4.69) is 10.3 Å². The first-order chi connectivity index (χ1) is 11.5. The molecular formula is C18H23N3O2S. The molecule has 1 aliphatic rings. The van der Waals surface area contributed by atoms with Crippen LogP contribution in [0.15, 0.2) is 34.2 Å². The van der Waals surface area contributed by atoms with Gasteiger partial charge in [0.1, 0.15) is 0 Å². The van der Waals surface area contributed by atoms with Gasteiger partial charge in [-0.05, 0) is 45.2 Å². The molecule has 0 unspecified atom stereocenters. The summed E-state index contributed by atoms with van der Waals surface area (Å²) in [5.41, 5.74) is 0.645. The van der Waals surface area contributed by atoms with Crippen molar-refractivity contribution in [2.45, 2.75) is 62.5 Å². The SMILES string of the molecule is CC[C@H](C)n1c(S[C@@H](C)C(=O)NC2CC2)nc2ccccc2c1=O.